The molecule has 0 heterocycles. The van der Waals surface area contributed by atoms with Crippen molar-refractivity contribution in [1.29, 1.82) is 0 Å². The Morgan fingerprint density at radius 3 is 1.15 bits per heavy atom. The average Bonchev–Trinajstić information content (AvgIpc) is 3.38. The molecule has 2 atom stereocenters. The van der Waals surface area contributed by atoms with Crippen LogP contribution in [0.1, 0.15) is 271 Å². The monoisotopic (exact) mass is 1050 g/mol. The summed E-state index contributed by atoms with van der Waals surface area (Å²) >= 11 is 0. The molecule has 434 valence electrons. The van der Waals surface area contributed by atoms with Gasteiger partial charge in [-0.05, 0) is 83.5 Å². The third-order valence-electron chi connectivity index (χ3n) is 13.4. The van der Waals surface area contributed by atoms with E-state index < -0.39 is 24.3 Å². The van der Waals surface area contributed by atoms with Crippen molar-refractivity contribution in [3.8, 4) is 0 Å². The van der Waals surface area contributed by atoms with E-state index in [4.69, 9.17) is 18.9 Å². The molecule has 9 heteroatoms. The number of carboxylic acid groups (broad SMARTS) is 1. The molecule has 0 rings (SSSR count). The van der Waals surface area contributed by atoms with Crippen molar-refractivity contribution in [3.63, 3.8) is 0 Å². The summed E-state index contributed by atoms with van der Waals surface area (Å²) in [6.07, 6.45) is 71.5. The lowest BCUT2D eigenvalue weighted by Crippen LogP contribution is -2.40. The van der Waals surface area contributed by atoms with Crippen molar-refractivity contribution in [1.82, 2.24) is 0 Å². The van der Waals surface area contributed by atoms with Gasteiger partial charge in [-0.3, -0.25) is 9.59 Å². The van der Waals surface area contributed by atoms with Gasteiger partial charge >= 0.3 is 17.9 Å². The fraction of sp³-hybridized carbons (Fsp3) is 0.773. The molecule has 0 radical (unpaired) electrons. The fourth-order valence-electron chi connectivity index (χ4n) is 8.68. The number of hydrogen-bond donors (Lipinski definition) is 1. The molecule has 0 spiro atoms. The molecule has 0 aliphatic rings. The van der Waals surface area contributed by atoms with Gasteiger partial charge in [-0.25, -0.2) is 4.79 Å². The molecule has 0 aromatic rings. The van der Waals surface area contributed by atoms with Gasteiger partial charge in [0.15, 0.2) is 6.10 Å². The number of aliphatic carboxylic acids is 1. The van der Waals surface area contributed by atoms with E-state index in [-0.39, 0.29) is 32.2 Å². The summed E-state index contributed by atoms with van der Waals surface area (Å²) in [6.45, 7) is 4.75. The van der Waals surface area contributed by atoms with Crippen LogP contribution in [0.2, 0.25) is 0 Å². The minimum atomic E-state index is -1.51. The molecule has 0 aromatic heterocycles. The molecule has 0 aliphatic heterocycles. The number of nitrogens with zero attached hydrogens (tertiary/aromatic N) is 1. The Kier molecular flexibility index (Phi) is 54.4. The number of ether oxygens (including phenoxy) is 4. The zero-order valence-corrected chi connectivity index (χ0v) is 49.4. The Balaban J connectivity index is 4.00. The molecule has 75 heavy (non-hydrogen) atoms. The largest absolute Gasteiger partial charge is 0.477 e. The second kappa shape index (κ2) is 56.9. The molecule has 0 saturated heterocycles. The first-order chi connectivity index (χ1) is 36.6. The smallest absolute Gasteiger partial charge is 0.361 e. The van der Waals surface area contributed by atoms with E-state index in [0.717, 1.165) is 89.9 Å². The number of carboxylic acids is 1. The third kappa shape index (κ3) is 58.3. The fourth-order valence-corrected chi connectivity index (χ4v) is 8.68. The minimum absolute atomic E-state index is 0.185. The van der Waals surface area contributed by atoms with E-state index in [9.17, 15) is 19.5 Å². The van der Waals surface area contributed by atoms with Crippen LogP contribution in [0.25, 0.3) is 0 Å². The number of esters is 2. The summed E-state index contributed by atoms with van der Waals surface area (Å²) in [7, 11) is 5.97. The Morgan fingerprint density at radius 1 is 0.413 bits per heavy atom. The maximum absolute atomic E-state index is 12.9. The van der Waals surface area contributed by atoms with Gasteiger partial charge in [-0.15, -0.1) is 0 Å². The Hall–Kier alpha value is -3.27. The van der Waals surface area contributed by atoms with Gasteiger partial charge in [-0.1, -0.05) is 247 Å². The number of unbranched alkanes of at least 4 members (excludes halogenated alkanes) is 30. The van der Waals surface area contributed by atoms with E-state index in [1.54, 1.807) is 0 Å². The highest BCUT2D eigenvalue weighted by atomic mass is 16.7. The molecule has 0 saturated carbocycles. The molecule has 0 fully saturated rings. The molecular formula is C66H118NO8+. The van der Waals surface area contributed by atoms with Crippen LogP contribution >= 0.6 is 0 Å². The number of carbonyl (C=O) groups excluding carboxylic acids is 2. The predicted octanol–water partition coefficient (Wildman–Crippen LogP) is 18.6. The van der Waals surface area contributed by atoms with E-state index in [0.29, 0.717) is 17.4 Å². The molecule has 0 bridgehead atoms. The predicted molar refractivity (Wildman–Crippen MR) is 318 cm³/mol. The van der Waals surface area contributed by atoms with Crippen LogP contribution in [0.3, 0.4) is 0 Å². The highest BCUT2D eigenvalue weighted by Gasteiger charge is 2.25. The molecule has 2 unspecified atom stereocenters. The molecular weight excluding hydrogens is 935 g/mol. The van der Waals surface area contributed by atoms with Crippen LogP contribution in [0.4, 0.5) is 0 Å². The van der Waals surface area contributed by atoms with Gasteiger partial charge in [-0.2, -0.15) is 0 Å². The van der Waals surface area contributed by atoms with Gasteiger partial charge in [0.1, 0.15) is 13.2 Å². The highest BCUT2D eigenvalue weighted by molar-refractivity contribution is 5.71. The van der Waals surface area contributed by atoms with Crippen molar-refractivity contribution in [2.75, 3.05) is 47.5 Å². The van der Waals surface area contributed by atoms with E-state index in [1.165, 1.54) is 154 Å². The van der Waals surface area contributed by atoms with Crippen LogP contribution in [-0.2, 0) is 33.3 Å². The standard InChI is InChI=1S/C66H117NO8/c1-6-8-10-12-14-16-18-20-21-22-23-24-25-26-27-28-29-30-31-32-33-34-35-36-37-38-39-40-41-42-43-45-47-49-51-53-55-57-64(69)75-62(61-74-66(65(70)71)72-59-58-67(3,4)5)60-73-63(68)56-54-52-50-48-46-44-19-17-15-13-11-9-7-2/h8,10,14,16-17,19-21,23-24,26-27,62,66H,6-7,9,11-13,15,18,22,25,28-61H2,1-5H3/p+1/b10-8-,16-14-,19-17-,21-20-,24-23-,27-26-. The van der Waals surface area contributed by atoms with E-state index in [2.05, 4.69) is 86.8 Å². The van der Waals surface area contributed by atoms with Crippen LogP contribution in [0.5, 0.6) is 0 Å². The first kappa shape index (κ1) is 71.7. The van der Waals surface area contributed by atoms with Gasteiger partial charge < -0.3 is 28.5 Å². The van der Waals surface area contributed by atoms with Crippen LogP contribution in [-0.4, -0.2) is 87.4 Å². The van der Waals surface area contributed by atoms with Gasteiger partial charge in [0.25, 0.3) is 6.29 Å². The Morgan fingerprint density at radius 2 is 0.760 bits per heavy atom. The Bertz CT molecular complexity index is 1460. The summed E-state index contributed by atoms with van der Waals surface area (Å²) in [5.41, 5.74) is 0. The first-order valence-corrected chi connectivity index (χ1v) is 31.1. The van der Waals surface area contributed by atoms with Crippen LogP contribution < -0.4 is 0 Å². The summed E-state index contributed by atoms with van der Waals surface area (Å²) in [4.78, 5) is 37.4. The molecule has 0 aliphatic carbocycles. The number of allylic oxidation sites excluding steroid dienone is 12. The molecule has 0 aromatic carbocycles. The number of hydrogen-bond acceptors (Lipinski definition) is 7. The normalized spacial score (nSPS) is 13.2. The third-order valence-corrected chi connectivity index (χ3v) is 13.4. The van der Waals surface area contributed by atoms with Crippen molar-refractivity contribution >= 4 is 17.9 Å². The summed E-state index contributed by atoms with van der Waals surface area (Å²) < 4.78 is 22.9. The SMILES string of the molecule is CC/C=C\C/C=C\C/C=C\C/C=C\C/C=C\CCCCCCCCCCCCCCCCCCCCCCCC(=O)OC(COC(=O)CCCCCCC/C=C\CCCCCC)COC(OCC[N+](C)(C)C)C(=O)O. The number of likely N-dealkylation sites (N-methyl/N-ethyl adjacent to an activating group) is 1. The lowest BCUT2D eigenvalue weighted by Gasteiger charge is -2.25. The zero-order chi connectivity index (χ0) is 54.8. The maximum atomic E-state index is 12.9. The molecule has 1 N–H and O–H groups in total. The van der Waals surface area contributed by atoms with Gasteiger partial charge in [0, 0.05) is 12.8 Å². The van der Waals surface area contributed by atoms with Crippen molar-refractivity contribution in [2.24, 2.45) is 0 Å². The summed E-state index contributed by atoms with van der Waals surface area (Å²) in [6, 6.07) is 0. The van der Waals surface area contributed by atoms with Crippen molar-refractivity contribution in [2.45, 2.75) is 283 Å². The Labute approximate surface area is 462 Å². The van der Waals surface area contributed by atoms with Crippen LogP contribution in [0, 0.1) is 0 Å². The summed E-state index contributed by atoms with van der Waals surface area (Å²) in [5.74, 6) is -2.01. The second-order valence-electron chi connectivity index (χ2n) is 22.0. The second-order valence-corrected chi connectivity index (χ2v) is 22.0. The molecule has 9 nitrogen and oxygen atoms in total. The highest BCUT2D eigenvalue weighted by Crippen LogP contribution is 2.17. The van der Waals surface area contributed by atoms with E-state index in [1.807, 2.05) is 21.1 Å². The zero-order valence-electron chi connectivity index (χ0n) is 49.4. The topological polar surface area (TPSA) is 108 Å². The van der Waals surface area contributed by atoms with Crippen molar-refractivity contribution in [3.05, 3.63) is 72.9 Å². The number of rotatable bonds is 57. The van der Waals surface area contributed by atoms with Crippen molar-refractivity contribution < 1.29 is 42.9 Å². The van der Waals surface area contributed by atoms with Gasteiger partial charge in [0.05, 0.1) is 34.4 Å². The number of quaternary nitrogens is 1. The minimum Gasteiger partial charge on any atom is -0.477 e. The lowest BCUT2D eigenvalue weighted by atomic mass is 10.0. The average molecular weight is 1050 g/mol. The molecule has 0 amide bonds. The quantitative estimate of drug-likeness (QED) is 0.0211. The summed E-state index contributed by atoms with van der Waals surface area (Å²) in [5, 5.41) is 9.69. The van der Waals surface area contributed by atoms with Gasteiger partial charge in [0.2, 0.25) is 0 Å². The maximum Gasteiger partial charge on any atom is 0.361 e. The lowest BCUT2D eigenvalue weighted by molar-refractivity contribution is -0.870. The van der Waals surface area contributed by atoms with Crippen LogP contribution in [0.15, 0.2) is 72.9 Å². The first-order valence-electron chi connectivity index (χ1n) is 31.1. The van der Waals surface area contributed by atoms with E-state index >= 15 is 0 Å². The number of carbonyl (C=O) groups is 3.